The summed E-state index contributed by atoms with van der Waals surface area (Å²) >= 11 is 0. The highest BCUT2D eigenvalue weighted by atomic mass is 16.5. The lowest BCUT2D eigenvalue weighted by atomic mass is 10.2. The van der Waals surface area contributed by atoms with E-state index in [1.165, 1.54) is 7.11 Å². The lowest BCUT2D eigenvalue weighted by Crippen LogP contribution is -2.11. The van der Waals surface area contributed by atoms with Gasteiger partial charge < -0.3 is 9.47 Å². The Kier molecular flexibility index (Phi) is 8.27. The van der Waals surface area contributed by atoms with Crippen LogP contribution in [-0.2, 0) is 19.1 Å². The van der Waals surface area contributed by atoms with Crippen molar-refractivity contribution in [2.24, 2.45) is 0 Å². The second-order valence-corrected chi connectivity index (χ2v) is 4.15. The first-order chi connectivity index (χ1) is 10.2. The number of hydrogen-bond acceptors (Lipinski definition) is 4. The number of esters is 1. The second kappa shape index (κ2) is 10.4. The molecule has 0 aliphatic rings. The van der Waals surface area contributed by atoms with Crippen molar-refractivity contribution in [2.45, 2.75) is 12.8 Å². The molecule has 1 rings (SSSR count). The molecule has 0 bridgehead atoms. The van der Waals surface area contributed by atoms with E-state index in [2.05, 4.69) is 16.6 Å². The van der Waals surface area contributed by atoms with Crippen molar-refractivity contribution in [3.8, 4) is 11.8 Å². The van der Waals surface area contributed by atoms with Crippen LogP contribution < -0.4 is 0 Å². The standard InChI is InChI=1S/C17H18O4/c1-20-17(19)14-16(18)11-13-21-12-7-3-6-10-15-8-4-2-5-9-15/h2-5,7-9H,11-14H2,1H3/b7-3+. The van der Waals surface area contributed by atoms with Gasteiger partial charge >= 0.3 is 5.97 Å². The van der Waals surface area contributed by atoms with Crippen LogP contribution in [0.5, 0.6) is 0 Å². The molecule has 4 heteroatoms. The van der Waals surface area contributed by atoms with Gasteiger partial charge in [0, 0.05) is 12.0 Å². The van der Waals surface area contributed by atoms with E-state index in [0.717, 1.165) is 5.56 Å². The number of ether oxygens (including phenoxy) is 2. The number of carbonyl (C=O) groups excluding carboxylic acids is 2. The molecule has 0 heterocycles. The number of rotatable bonds is 7. The summed E-state index contributed by atoms with van der Waals surface area (Å²) in [5, 5.41) is 0. The minimum Gasteiger partial charge on any atom is -0.469 e. The number of carbonyl (C=O) groups is 2. The summed E-state index contributed by atoms with van der Waals surface area (Å²) in [6.45, 7) is 0.668. The topological polar surface area (TPSA) is 52.6 Å². The SMILES string of the molecule is COC(=O)CC(=O)CCOC/C=C/C#Cc1ccccc1. The highest BCUT2D eigenvalue weighted by Gasteiger charge is 2.08. The van der Waals surface area contributed by atoms with Crippen molar-refractivity contribution >= 4 is 11.8 Å². The van der Waals surface area contributed by atoms with E-state index in [-0.39, 0.29) is 25.2 Å². The Morgan fingerprint density at radius 2 is 2.00 bits per heavy atom. The zero-order chi connectivity index (χ0) is 15.3. The molecule has 0 radical (unpaired) electrons. The third-order valence-electron chi connectivity index (χ3n) is 2.50. The van der Waals surface area contributed by atoms with Crippen molar-refractivity contribution in [1.82, 2.24) is 0 Å². The van der Waals surface area contributed by atoms with E-state index >= 15 is 0 Å². The number of ketones is 1. The Morgan fingerprint density at radius 1 is 1.24 bits per heavy atom. The predicted octanol–water partition coefficient (Wildman–Crippen LogP) is 2.13. The molecule has 110 valence electrons. The maximum Gasteiger partial charge on any atom is 0.313 e. The van der Waals surface area contributed by atoms with Gasteiger partial charge in [0.15, 0.2) is 0 Å². The molecule has 0 N–H and O–H groups in total. The van der Waals surface area contributed by atoms with E-state index in [4.69, 9.17) is 4.74 Å². The molecule has 0 spiro atoms. The van der Waals surface area contributed by atoms with Crippen LogP contribution in [0.3, 0.4) is 0 Å². The minimum atomic E-state index is -0.518. The summed E-state index contributed by atoms with van der Waals surface area (Å²) in [6, 6.07) is 9.68. The summed E-state index contributed by atoms with van der Waals surface area (Å²) in [5.74, 6) is 5.18. The van der Waals surface area contributed by atoms with Gasteiger partial charge in [0.1, 0.15) is 12.2 Å². The summed E-state index contributed by atoms with van der Waals surface area (Å²) in [5.41, 5.74) is 0.955. The van der Waals surface area contributed by atoms with Gasteiger partial charge in [-0.25, -0.2) is 0 Å². The molecule has 1 aromatic carbocycles. The molecule has 0 unspecified atom stereocenters. The van der Waals surface area contributed by atoms with Gasteiger partial charge in [-0.1, -0.05) is 36.1 Å². The molecular formula is C17H18O4. The van der Waals surface area contributed by atoms with Gasteiger partial charge in [0.25, 0.3) is 0 Å². The molecule has 0 aliphatic heterocycles. The highest BCUT2D eigenvalue weighted by Crippen LogP contribution is 1.95. The summed E-state index contributed by atoms with van der Waals surface area (Å²) in [4.78, 5) is 22.1. The van der Waals surface area contributed by atoms with Crippen LogP contribution in [0.15, 0.2) is 42.5 Å². The van der Waals surface area contributed by atoms with Gasteiger partial charge in [0.2, 0.25) is 0 Å². The Hall–Kier alpha value is -2.38. The Bertz CT molecular complexity index is 535. The van der Waals surface area contributed by atoms with E-state index in [1.54, 1.807) is 12.2 Å². The maximum absolute atomic E-state index is 11.3. The van der Waals surface area contributed by atoms with Crippen molar-refractivity contribution in [2.75, 3.05) is 20.3 Å². The number of hydrogen-bond donors (Lipinski definition) is 0. The summed E-state index contributed by atoms with van der Waals surface area (Å²) in [7, 11) is 1.26. The molecule has 0 fully saturated rings. The molecule has 0 saturated carbocycles. The van der Waals surface area contributed by atoms with Crippen molar-refractivity contribution in [1.29, 1.82) is 0 Å². The fraction of sp³-hybridized carbons (Fsp3) is 0.294. The molecule has 0 aromatic heterocycles. The number of Topliss-reactive ketones (excluding diaryl/α,β-unsaturated/α-hetero) is 1. The first kappa shape index (κ1) is 16.7. The number of methoxy groups -OCH3 is 1. The van der Waals surface area contributed by atoms with Gasteiger partial charge in [-0.2, -0.15) is 0 Å². The average molecular weight is 286 g/mol. The zero-order valence-electron chi connectivity index (χ0n) is 12.0. The quantitative estimate of drug-likeness (QED) is 0.333. The fourth-order valence-electron chi connectivity index (χ4n) is 1.41. The normalized spacial score (nSPS) is 9.95. The first-order valence-corrected chi connectivity index (χ1v) is 6.60. The van der Waals surface area contributed by atoms with E-state index in [9.17, 15) is 9.59 Å². The molecule has 0 amide bonds. The van der Waals surface area contributed by atoms with Crippen LogP contribution in [0.1, 0.15) is 18.4 Å². The third kappa shape index (κ3) is 8.40. The monoisotopic (exact) mass is 286 g/mol. The lowest BCUT2D eigenvalue weighted by Gasteiger charge is -2.00. The van der Waals surface area contributed by atoms with E-state index in [0.29, 0.717) is 6.61 Å². The fourth-order valence-corrected chi connectivity index (χ4v) is 1.41. The Morgan fingerprint density at radius 3 is 2.71 bits per heavy atom. The Labute approximate surface area is 124 Å². The summed E-state index contributed by atoms with van der Waals surface area (Å²) < 4.78 is 9.65. The molecule has 0 aliphatic carbocycles. The lowest BCUT2D eigenvalue weighted by molar-refractivity contribution is -0.143. The van der Waals surface area contributed by atoms with Crippen LogP contribution in [0.25, 0.3) is 0 Å². The number of benzene rings is 1. The van der Waals surface area contributed by atoms with Crippen LogP contribution in [0, 0.1) is 11.8 Å². The van der Waals surface area contributed by atoms with Crippen LogP contribution in [0.2, 0.25) is 0 Å². The van der Waals surface area contributed by atoms with Crippen molar-refractivity contribution in [3.63, 3.8) is 0 Å². The van der Waals surface area contributed by atoms with Gasteiger partial charge in [-0.3, -0.25) is 9.59 Å². The van der Waals surface area contributed by atoms with Crippen molar-refractivity contribution in [3.05, 3.63) is 48.0 Å². The first-order valence-electron chi connectivity index (χ1n) is 6.60. The molecule has 21 heavy (non-hydrogen) atoms. The maximum atomic E-state index is 11.3. The van der Waals surface area contributed by atoms with Gasteiger partial charge in [-0.05, 0) is 18.2 Å². The largest absolute Gasteiger partial charge is 0.469 e. The van der Waals surface area contributed by atoms with Crippen LogP contribution in [-0.4, -0.2) is 32.1 Å². The smallest absolute Gasteiger partial charge is 0.313 e. The zero-order valence-corrected chi connectivity index (χ0v) is 12.0. The average Bonchev–Trinajstić information content (AvgIpc) is 2.50. The molecule has 4 nitrogen and oxygen atoms in total. The van der Waals surface area contributed by atoms with Gasteiger partial charge in [-0.15, -0.1) is 0 Å². The van der Waals surface area contributed by atoms with Gasteiger partial charge in [0.05, 0.1) is 20.3 Å². The minimum absolute atomic E-state index is 0.185. The molecule has 0 atom stereocenters. The second-order valence-electron chi connectivity index (χ2n) is 4.15. The molecular weight excluding hydrogens is 268 g/mol. The summed E-state index contributed by atoms with van der Waals surface area (Å²) in [6.07, 6.45) is 3.50. The van der Waals surface area contributed by atoms with Crippen molar-refractivity contribution < 1.29 is 19.1 Å². The number of allylic oxidation sites excluding steroid dienone is 1. The predicted molar refractivity (Wildman–Crippen MR) is 79.5 cm³/mol. The highest BCUT2D eigenvalue weighted by molar-refractivity contribution is 5.95. The molecule has 1 aromatic rings. The van der Waals surface area contributed by atoms with Crippen LogP contribution >= 0.6 is 0 Å². The Balaban J connectivity index is 2.12. The van der Waals surface area contributed by atoms with Crippen LogP contribution in [0.4, 0.5) is 0 Å². The molecule has 0 saturated heterocycles. The third-order valence-corrected chi connectivity index (χ3v) is 2.50. The van der Waals surface area contributed by atoms with E-state index < -0.39 is 5.97 Å². The van der Waals surface area contributed by atoms with E-state index in [1.807, 2.05) is 30.3 Å².